The summed E-state index contributed by atoms with van der Waals surface area (Å²) in [4.78, 5) is 0.132. The number of ether oxygens (including phenoxy) is 1. The van der Waals surface area contributed by atoms with Gasteiger partial charge in [-0.15, -0.1) is 0 Å². The predicted molar refractivity (Wildman–Crippen MR) is 85.8 cm³/mol. The van der Waals surface area contributed by atoms with Crippen molar-refractivity contribution in [2.45, 2.75) is 39.0 Å². The quantitative estimate of drug-likeness (QED) is 0.569. The molecule has 120 valence electrons. The summed E-state index contributed by atoms with van der Waals surface area (Å²) in [6.07, 6.45) is 0.969. The summed E-state index contributed by atoms with van der Waals surface area (Å²) in [5.74, 6) is 0.581. The molecule has 0 saturated heterocycles. The van der Waals surface area contributed by atoms with Crippen LogP contribution in [0.5, 0.6) is 0 Å². The van der Waals surface area contributed by atoms with E-state index in [1.165, 1.54) is 0 Å². The molecule has 1 aromatic rings. The molecule has 0 atom stereocenters. The summed E-state index contributed by atoms with van der Waals surface area (Å²) in [5, 5.41) is 0. The molecule has 0 heterocycles. The molecule has 0 amide bonds. The molecule has 6 heteroatoms. The van der Waals surface area contributed by atoms with E-state index in [1.54, 1.807) is 12.1 Å². The Labute approximate surface area is 127 Å². The van der Waals surface area contributed by atoms with E-state index in [4.69, 9.17) is 10.5 Å². The molecule has 1 aromatic carbocycles. The molecule has 3 N–H and O–H groups in total. The van der Waals surface area contributed by atoms with Gasteiger partial charge in [0.1, 0.15) is 4.90 Å². The highest BCUT2D eigenvalue weighted by Gasteiger charge is 2.17. The first kappa shape index (κ1) is 17.9. The van der Waals surface area contributed by atoms with Crippen molar-refractivity contribution in [3.63, 3.8) is 0 Å². The lowest BCUT2D eigenvalue weighted by molar-refractivity contribution is 0.128. The van der Waals surface area contributed by atoms with Gasteiger partial charge in [0.2, 0.25) is 10.0 Å². The number of sulfonamides is 1. The maximum Gasteiger partial charge on any atom is 0.242 e. The zero-order valence-corrected chi connectivity index (χ0v) is 14.1. The van der Waals surface area contributed by atoms with Crippen LogP contribution in [0.25, 0.3) is 0 Å². The topological polar surface area (TPSA) is 81.4 Å². The lowest BCUT2D eigenvalue weighted by Crippen LogP contribution is -2.28. The van der Waals surface area contributed by atoms with Crippen molar-refractivity contribution in [1.29, 1.82) is 0 Å². The first-order valence-corrected chi connectivity index (χ1v) is 8.66. The van der Waals surface area contributed by atoms with Gasteiger partial charge >= 0.3 is 0 Å². The molecular formula is C15H26N2O3S. The van der Waals surface area contributed by atoms with Gasteiger partial charge in [-0.05, 0) is 49.4 Å². The molecule has 0 fully saturated rings. The molecule has 0 aliphatic rings. The first-order valence-electron chi connectivity index (χ1n) is 7.18. The second-order valence-electron chi connectivity index (χ2n) is 5.67. The lowest BCUT2D eigenvalue weighted by atomic mass is 10.1. The molecule has 0 unspecified atom stereocenters. The number of anilines is 1. The van der Waals surface area contributed by atoms with Crippen molar-refractivity contribution < 1.29 is 13.2 Å². The number of nitrogens with two attached hydrogens (primary N) is 1. The molecule has 0 radical (unpaired) electrons. The number of benzene rings is 1. The van der Waals surface area contributed by atoms with E-state index in [-0.39, 0.29) is 17.1 Å². The number of nitrogen functional groups attached to an aromatic ring is 1. The van der Waals surface area contributed by atoms with E-state index < -0.39 is 10.0 Å². The highest BCUT2D eigenvalue weighted by Crippen LogP contribution is 2.22. The Balaban J connectivity index is 2.56. The van der Waals surface area contributed by atoms with Crippen LogP contribution >= 0.6 is 0 Å². The van der Waals surface area contributed by atoms with Gasteiger partial charge in [-0.3, -0.25) is 0 Å². The van der Waals surface area contributed by atoms with Crippen LogP contribution < -0.4 is 10.5 Å². The van der Waals surface area contributed by atoms with Crippen molar-refractivity contribution >= 4 is 15.7 Å². The molecule has 0 saturated carbocycles. The molecule has 5 nitrogen and oxygen atoms in total. The van der Waals surface area contributed by atoms with Gasteiger partial charge in [-0.1, -0.05) is 13.8 Å². The maximum absolute atomic E-state index is 12.2. The van der Waals surface area contributed by atoms with Gasteiger partial charge in [-0.25, -0.2) is 13.1 Å². The minimum Gasteiger partial charge on any atom is -0.398 e. The largest absolute Gasteiger partial charge is 0.398 e. The van der Waals surface area contributed by atoms with Crippen LogP contribution in [0.4, 0.5) is 5.69 Å². The Bertz CT molecular complexity index is 569. The van der Waals surface area contributed by atoms with Crippen molar-refractivity contribution in [3.8, 4) is 0 Å². The van der Waals surface area contributed by atoms with E-state index in [2.05, 4.69) is 18.6 Å². The Kier molecular flexibility index (Phi) is 6.64. The number of nitrogens with one attached hydrogen (secondary N) is 1. The van der Waals surface area contributed by atoms with Gasteiger partial charge in [0.05, 0.1) is 12.3 Å². The molecule has 0 aliphatic heterocycles. The van der Waals surface area contributed by atoms with E-state index in [0.29, 0.717) is 19.1 Å². The van der Waals surface area contributed by atoms with Crippen molar-refractivity contribution in [2.75, 3.05) is 25.5 Å². The third-order valence-electron chi connectivity index (χ3n) is 3.29. The van der Waals surface area contributed by atoms with Crippen molar-refractivity contribution in [3.05, 3.63) is 23.3 Å². The summed E-state index contributed by atoms with van der Waals surface area (Å²) in [7, 11) is -3.59. The van der Waals surface area contributed by atoms with Gasteiger partial charge in [0.25, 0.3) is 0 Å². The van der Waals surface area contributed by atoms with Crippen LogP contribution in [0.15, 0.2) is 17.0 Å². The van der Waals surface area contributed by atoms with Crippen LogP contribution in [-0.4, -0.2) is 28.2 Å². The molecule has 0 aliphatic carbocycles. The van der Waals surface area contributed by atoms with Crippen LogP contribution in [0.3, 0.4) is 0 Å². The van der Waals surface area contributed by atoms with Gasteiger partial charge < -0.3 is 10.5 Å². The van der Waals surface area contributed by atoms with Crippen molar-refractivity contribution in [2.24, 2.45) is 5.92 Å². The minimum absolute atomic E-state index is 0.132. The van der Waals surface area contributed by atoms with Crippen LogP contribution in [-0.2, 0) is 14.8 Å². The molecule has 0 spiro atoms. The number of hydrogen-bond acceptors (Lipinski definition) is 4. The normalized spacial score (nSPS) is 12.0. The summed E-state index contributed by atoms with van der Waals surface area (Å²) in [6, 6.07) is 3.29. The number of rotatable bonds is 8. The van der Waals surface area contributed by atoms with Gasteiger partial charge in [-0.2, -0.15) is 0 Å². The average Bonchev–Trinajstić information content (AvgIpc) is 2.37. The highest BCUT2D eigenvalue weighted by molar-refractivity contribution is 7.89. The fourth-order valence-electron chi connectivity index (χ4n) is 1.79. The number of hydrogen-bond donors (Lipinski definition) is 2. The van der Waals surface area contributed by atoms with Crippen LogP contribution in [0.1, 0.15) is 31.4 Å². The zero-order chi connectivity index (χ0) is 16.0. The Morgan fingerprint density at radius 1 is 1.19 bits per heavy atom. The monoisotopic (exact) mass is 314 g/mol. The summed E-state index contributed by atoms with van der Waals surface area (Å²) in [5.41, 5.74) is 7.96. The van der Waals surface area contributed by atoms with E-state index in [0.717, 1.165) is 17.5 Å². The smallest absolute Gasteiger partial charge is 0.242 e. The standard InChI is InChI=1S/C15H26N2O3S/c1-11(2)5-7-20-8-6-17-21(18,19)15-10-13(4)12(3)9-14(15)16/h9-11,17H,5-8,16H2,1-4H3. The number of aryl methyl sites for hydroxylation is 2. The fraction of sp³-hybridized carbons (Fsp3) is 0.600. The molecule has 21 heavy (non-hydrogen) atoms. The second-order valence-corrected chi connectivity index (χ2v) is 7.40. The SMILES string of the molecule is Cc1cc(N)c(S(=O)(=O)NCCOCCC(C)C)cc1C. The first-order chi connectivity index (χ1) is 9.74. The third-order valence-corrected chi connectivity index (χ3v) is 4.81. The predicted octanol–water partition coefficient (Wildman–Crippen LogP) is 2.23. The average molecular weight is 314 g/mol. The van der Waals surface area contributed by atoms with Gasteiger partial charge in [0.15, 0.2) is 0 Å². The molecule has 0 aromatic heterocycles. The molecule has 1 rings (SSSR count). The zero-order valence-electron chi connectivity index (χ0n) is 13.3. The van der Waals surface area contributed by atoms with Crippen LogP contribution in [0.2, 0.25) is 0 Å². The molecule has 0 bridgehead atoms. The van der Waals surface area contributed by atoms with E-state index in [9.17, 15) is 8.42 Å². The van der Waals surface area contributed by atoms with Crippen LogP contribution in [0, 0.1) is 19.8 Å². The summed E-state index contributed by atoms with van der Waals surface area (Å²) in [6.45, 7) is 9.25. The Hall–Kier alpha value is -1.11. The van der Waals surface area contributed by atoms with Crippen molar-refractivity contribution in [1.82, 2.24) is 4.72 Å². The van der Waals surface area contributed by atoms with E-state index in [1.807, 2.05) is 13.8 Å². The lowest BCUT2D eigenvalue weighted by Gasteiger charge is -2.12. The maximum atomic E-state index is 12.2. The Morgan fingerprint density at radius 3 is 2.43 bits per heavy atom. The third kappa shape index (κ3) is 5.65. The highest BCUT2D eigenvalue weighted by atomic mass is 32.2. The van der Waals surface area contributed by atoms with E-state index >= 15 is 0 Å². The second kappa shape index (κ2) is 7.77. The van der Waals surface area contributed by atoms with Gasteiger partial charge in [0, 0.05) is 13.2 Å². The minimum atomic E-state index is -3.59. The summed E-state index contributed by atoms with van der Waals surface area (Å²) >= 11 is 0. The fourth-order valence-corrected chi connectivity index (χ4v) is 3.00. The Morgan fingerprint density at radius 2 is 1.81 bits per heavy atom. The molecular weight excluding hydrogens is 288 g/mol. The summed E-state index contributed by atoms with van der Waals surface area (Å²) < 4.78 is 32.3.